The van der Waals surface area contributed by atoms with Gasteiger partial charge in [0, 0.05) is 30.0 Å². The van der Waals surface area contributed by atoms with Gasteiger partial charge < -0.3 is 9.84 Å². The average molecular weight is 418 g/mol. The van der Waals surface area contributed by atoms with E-state index in [2.05, 4.69) is 11.5 Å². The van der Waals surface area contributed by atoms with Gasteiger partial charge in [-0.15, -0.1) is 0 Å². The fourth-order valence-corrected chi connectivity index (χ4v) is 11.3. The molecule has 3 saturated heterocycles. The number of esters is 1. The number of hydrogen-bond donors (Lipinski definition) is 1. The number of benzene rings is 1. The SMILES string of the molecule is C=C1C[C@@]23C[C@H]4[C@@H]5[C@@]6(COC(=O)c7ccccc7)CCC[C@@]57[C@@H]2[C@@H](O)[C@@H]1C[C@@H]3[C@H]7N4C6. The Balaban J connectivity index is 1.18. The van der Waals surface area contributed by atoms with Gasteiger partial charge >= 0.3 is 5.97 Å². The average Bonchev–Trinajstić information content (AvgIpc) is 3.22. The smallest absolute Gasteiger partial charge is 0.338 e. The van der Waals surface area contributed by atoms with E-state index in [1.54, 1.807) is 0 Å². The minimum absolute atomic E-state index is 0.0823. The fourth-order valence-electron chi connectivity index (χ4n) is 11.3. The summed E-state index contributed by atoms with van der Waals surface area (Å²) >= 11 is 0. The van der Waals surface area contributed by atoms with Crippen molar-refractivity contribution in [1.82, 2.24) is 4.90 Å². The molecule has 2 spiro atoms. The third kappa shape index (κ3) is 1.71. The van der Waals surface area contributed by atoms with Crippen molar-refractivity contribution in [2.45, 2.75) is 56.7 Å². The summed E-state index contributed by atoms with van der Waals surface area (Å²) in [6.45, 7) is 6.06. The standard InChI is InChI=1S/C27H31NO3/c1-15-11-26-12-19-21-25(14-31-24(30)16-6-3-2-4-7-16)8-5-9-27(21)22(26)20(29)17(15)10-18(26)23(27)28(19)13-25/h2-4,6-7,17-23,29H,1,5,8-14H2/t17-,18-,19+,20+,21-,22-,23-,25+,26+,27+/m1/s1. The van der Waals surface area contributed by atoms with Gasteiger partial charge in [0.25, 0.3) is 0 Å². The Morgan fingerprint density at radius 2 is 2.06 bits per heavy atom. The van der Waals surface area contributed by atoms with Gasteiger partial charge in [0.1, 0.15) is 0 Å². The third-order valence-corrected chi connectivity index (χ3v) is 11.5. The molecule has 4 nitrogen and oxygen atoms in total. The summed E-state index contributed by atoms with van der Waals surface area (Å²) in [6, 6.07) is 10.7. The largest absolute Gasteiger partial charge is 0.461 e. The summed E-state index contributed by atoms with van der Waals surface area (Å²) in [5.74, 6) is 1.91. The molecule has 9 bridgehead atoms. The molecule has 0 aromatic heterocycles. The van der Waals surface area contributed by atoms with Gasteiger partial charge in [0.2, 0.25) is 0 Å². The zero-order valence-corrected chi connectivity index (χ0v) is 18.0. The molecule has 1 aromatic rings. The molecule has 9 fully saturated rings. The number of carbonyl (C=O) groups excluding carboxylic acids is 1. The maximum atomic E-state index is 12.8. The molecule has 4 heteroatoms. The Morgan fingerprint density at radius 3 is 2.90 bits per heavy atom. The van der Waals surface area contributed by atoms with Crippen molar-refractivity contribution in [2.24, 2.45) is 39.9 Å². The monoisotopic (exact) mass is 417 g/mol. The lowest BCUT2D eigenvalue weighted by Crippen LogP contribution is -2.64. The van der Waals surface area contributed by atoms with Crippen molar-refractivity contribution in [3.05, 3.63) is 48.0 Å². The molecule has 3 aliphatic heterocycles. The highest BCUT2D eigenvalue weighted by molar-refractivity contribution is 5.89. The first kappa shape index (κ1) is 17.9. The van der Waals surface area contributed by atoms with Crippen LogP contribution in [0.2, 0.25) is 0 Å². The van der Waals surface area contributed by atoms with Crippen molar-refractivity contribution < 1.29 is 14.6 Å². The molecule has 6 saturated carbocycles. The second-order valence-electron chi connectivity index (χ2n) is 12.1. The lowest BCUT2D eigenvalue weighted by Gasteiger charge is -2.64. The van der Waals surface area contributed by atoms with E-state index in [-0.39, 0.29) is 22.9 Å². The van der Waals surface area contributed by atoms with Crippen LogP contribution in [0.5, 0.6) is 0 Å². The molecule has 3 heterocycles. The van der Waals surface area contributed by atoms with Gasteiger partial charge in [-0.2, -0.15) is 0 Å². The van der Waals surface area contributed by atoms with Crippen LogP contribution in [0.3, 0.4) is 0 Å². The van der Waals surface area contributed by atoms with Crippen LogP contribution in [-0.4, -0.2) is 47.3 Å². The van der Waals surface area contributed by atoms with E-state index in [4.69, 9.17) is 4.74 Å². The molecule has 10 rings (SSSR count). The zero-order valence-electron chi connectivity index (χ0n) is 18.0. The summed E-state index contributed by atoms with van der Waals surface area (Å²) in [7, 11) is 0. The number of piperidine rings is 2. The summed E-state index contributed by atoms with van der Waals surface area (Å²) < 4.78 is 6.03. The minimum atomic E-state index is -0.202. The lowest BCUT2D eigenvalue weighted by molar-refractivity contribution is -0.180. The van der Waals surface area contributed by atoms with Crippen LogP contribution in [0.15, 0.2) is 42.5 Å². The van der Waals surface area contributed by atoms with Gasteiger partial charge in [-0.1, -0.05) is 36.8 Å². The van der Waals surface area contributed by atoms with E-state index in [1.807, 2.05) is 30.3 Å². The van der Waals surface area contributed by atoms with Gasteiger partial charge in [0.15, 0.2) is 0 Å². The second kappa shape index (κ2) is 5.28. The number of carbonyl (C=O) groups is 1. The third-order valence-electron chi connectivity index (χ3n) is 11.5. The van der Waals surface area contributed by atoms with Crippen LogP contribution in [0.4, 0.5) is 0 Å². The Kier molecular flexibility index (Phi) is 3.04. The Bertz CT molecular complexity index is 1020. The van der Waals surface area contributed by atoms with Crippen LogP contribution in [-0.2, 0) is 4.74 Å². The minimum Gasteiger partial charge on any atom is -0.461 e. The normalized spacial score (nSPS) is 56.4. The van der Waals surface area contributed by atoms with Crippen molar-refractivity contribution in [3.8, 4) is 0 Å². The molecule has 0 amide bonds. The Hall–Kier alpha value is -1.65. The van der Waals surface area contributed by atoms with Crippen LogP contribution in [0.25, 0.3) is 0 Å². The highest BCUT2D eigenvalue weighted by Gasteiger charge is 2.88. The van der Waals surface area contributed by atoms with E-state index in [0.29, 0.717) is 47.4 Å². The first-order valence-corrected chi connectivity index (χ1v) is 12.4. The van der Waals surface area contributed by atoms with Gasteiger partial charge in [-0.25, -0.2) is 4.79 Å². The van der Waals surface area contributed by atoms with Gasteiger partial charge in [-0.3, -0.25) is 4.90 Å². The van der Waals surface area contributed by atoms with E-state index < -0.39 is 0 Å². The molecule has 11 atom stereocenters. The molecule has 1 N–H and O–H groups in total. The molecule has 9 aliphatic rings. The molecule has 162 valence electrons. The quantitative estimate of drug-likeness (QED) is 0.602. The van der Waals surface area contributed by atoms with Gasteiger partial charge in [-0.05, 0) is 72.8 Å². The number of ether oxygens (including phenoxy) is 1. The topological polar surface area (TPSA) is 49.8 Å². The molecule has 1 aromatic carbocycles. The fraction of sp³-hybridized carbons (Fsp3) is 0.667. The van der Waals surface area contributed by atoms with Crippen LogP contribution < -0.4 is 0 Å². The Morgan fingerprint density at radius 1 is 1.23 bits per heavy atom. The molecule has 1 unspecified atom stereocenters. The predicted molar refractivity (Wildman–Crippen MR) is 115 cm³/mol. The molecular weight excluding hydrogens is 386 g/mol. The summed E-state index contributed by atoms with van der Waals surface area (Å²) in [5.41, 5.74) is 2.62. The molecule has 6 aliphatic carbocycles. The first-order valence-electron chi connectivity index (χ1n) is 12.4. The zero-order chi connectivity index (χ0) is 20.8. The first-order chi connectivity index (χ1) is 15.0. The van der Waals surface area contributed by atoms with E-state index >= 15 is 0 Å². The van der Waals surface area contributed by atoms with Crippen molar-refractivity contribution in [3.63, 3.8) is 0 Å². The van der Waals surface area contributed by atoms with Crippen molar-refractivity contribution >= 4 is 5.97 Å². The maximum absolute atomic E-state index is 12.8. The van der Waals surface area contributed by atoms with Crippen molar-refractivity contribution in [2.75, 3.05) is 13.2 Å². The summed E-state index contributed by atoms with van der Waals surface area (Å²) in [6.07, 6.45) is 7.01. The molecular formula is C27H31NO3. The highest BCUT2D eigenvalue weighted by Crippen LogP contribution is 2.87. The van der Waals surface area contributed by atoms with E-state index in [9.17, 15) is 9.90 Å². The molecule has 31 heavy (non-hydrogen) atoms. The van der Waals surface area contributed by atoms with Gasteiger partial charge in [0.05, 0.1) is 18.3 Å². The number of fused-ring (bicyclic) bond motifs is 1. The number of aliphatic hydroxyl groups is 1. The highest BCUT2D eigenvalue weighted by atomic mass is 16.5. The number of aliphatic hydroxyl groups excluding tert-OH is 1. The van der Waals surface area contributed by atoms with Crippen LogP contribution in [0, 0.1) is 39.9 Å². The predicted octanol–water partition coefficient (Wildman–Crippen LogP) is 3.66. The van der Waals surface area contributed by atoms with E-state index in [0.717, 1.165) is 31.7 Å². The Labute approximate surface area is 183 Å². The summed E-state index contributed by atoms with van der Waals surface area (Å²) in [5, 5.41) is 11.6. The maximum Gasteiger partial charge on any atom is 0.338 e. The van der Waals surface area contributed by atoms with E-state index in [1.165, 1.54) is 24.8 Å². The second-order valence-corrected chi connectivity index (χ2v) is 12.1. The van der Waals surface area contributed by atoms with Crippen LogP contribution in [0.1, 0.15) is 48.9 Å². The number of rotatable bonds is 3. The number of nitrogens with zero attached hydrogens (tertiary/aromatic N) is 1. The van der Waals surface area contributed by atoms with Crippen LogP contribution >= 0.6 is 0 Å². The number of hydrogen-bond acceptors (Lipinski definition) is 4. The summed E-state index contributed by atoms with van der Waals surface area (Å²) in [4.78, 5) is 15.6. The molecule has 0 radical (unpaired) electrons. The van der Waals surface area contributed by atoms with Crippen molar-refractivity contribution in [1.29, 1.82) is 0 Å². The lowest BCUT2D eigenvalue weighted by atomic mass is 9.40.